The maximum Gasteiger partial charge on any atom is 0.176 e. The SMILES string of the molecule is COC(CN1CCN(CC(=O)c2ccc(Cl)cc2)CC1)c1ccccc1. The van der Waals surface area contributed by atoms with Crippen molar-refractivity contribution in [3.8, 4) is 0 Å². The van der Waals surface area contributed by atoms with Gasteiger partial charge in [0.15, 0.2) is 5.78 Å². The van der Waals surface area contributed by atoms with Crippen LogP contribution < -0.4 is 0 Å². The summed E-state index contributed by atoms with van der Waals surface area (Å²) in [5.41, 5.74) is 1.93. The molecule has 26 heavy (non-hydrogen) atoms. The normalized spacial score (nSPS) is 17.2. The summed E-state index contributed by atoms with van der Waals surface area (Å²) in [6.07, 6.45) is 0.0819. The average molecular weight is 373 g/mol. The standard InChI is InChI=1S/C21H25ClN2O2/c1-26-21(18-5-3-2-4-6-18)16-24-13-11-23(12-14-24)15-20(25)17-7-9-19(22)10-8-17/h2-10,21H,11-16H2,1H3. The number of piperazine rings is 1. The highest BCUT2D eigenvalue weighted by molar-refractivity contribution is 6.30. The first-order valence-corrected chi connectivity index (χ1v) is 9.34. The molecule has 0 aromatic heterocycles. The fourth-order valence-electron chi connectivity index (χ4n) is 3.28. The zero-order valence-corrected chi connectivity index (χ0v) is 15.9. The molecule has 3 rings (SSSR count). The van der Waals surface area contributed by atoms with Gasteiger partial charge < -0.3 is 4.74 Å². The Labute approximate surface area is 160 Å². The summed E-state index contributed by atoms with van der Waals surface area (Å²) in [7, 11) is 1.76. The largest absolute Gasteiger partial charge is 0.375 e. The van der Waals surface area contributed by atoms with Crippen LogP contribution in [0.1, 0.15) is 22.0 Å². The Hall–Kier alpha value is -1.72. The van der Waals surface area contributed by atoms with Crippen LogP contribution in [0.5, 0.6) is 0 Å². The molecule has 2 aromatic rings. The average Bonchev–Trinajstić information content (AvgIpc) is 2.68. The summed E-state index contributed by atoms with van der Waals surface area (Å²) in [4.78, 5) is 17.0. The van der Waals surface area contributed by atoms with E-state index < -0.39 is 0 Å². The number of hydrogen-bond donors (Lipinski definition) is 0. The van der Waals surface area contributed by atoms with E-state index >= 15 is 0 Å². The number of nitrogens with zero attached hydrogens (tertiary/aromatic N) is 2. The highest BCUT2D eigenvalue weighted by atomic mass is 35.5. The number of Topliss-reactive ketones (excluding diaryl/α,β-unsaturated/α-hetero) is 1. The molecule has 4 nitrogen and oxygen atoms in total. The van der Waals surface area contributed by atoms with Crippen molar-refractivity contribution in [2.75, 3.05) is 46.4 Å². The van der Waals surface area contributed by atoms with Gasteiger partial charge in [0.2, 0.25) is 0 Å². The first kappa shape index (κ1) is 19.1. The van der Waals surface area contributed by atoms with E-state index in [2.05, 4.69) is 21.9 Å². The second kappa shape index (κ2) is 9.28. The monoisotopic (exact) mass is 372 g/mol. The van der Waals surface area contributed by atoms with Crippen LogP contribution in [0.15, 0.2) is 54.6 Å². The number of carbonyl (C=O) groups excluding carboxylic acids is 1. The molecule has 1 aliphatic rings. The number of ether oxygens (including phenoxy) is 1. The van der Waals surface area contributed by atoms with Gasteiger partial charge in [-0.05, 0) is 29.8 Å². The molecule has 0 spiro atoms. The molecule has 0 N–H and O–H groups in total. The Morgan fingerprint density at radius 2 is 1.62 bits per heavy atom. The van der Waals surface area contributed by atoms with E-state index in [4.69, 9.17) is 16.3 Å². The smallest absolute Gasteiger partial charge is 0.176 e. The highest BCUT2D eigenvalue weighted by Gasteiger charge is 2.22. The molecule has 1 saturated heterocycles. The second-order valence-corrected chi connectivity index (χ2v) is 7.08. The van der Waals surface area contributed by atoms with E-state index in [0.29, 0.717) is 11.6 Å². The number of benzene rings is 2. The summed E-state index contributed by atoms with van der Waals surface area (Å²) in [5, 5.41) is 0.654. The van der Waals surface area contributed by atoms with Crippen LogP contribution in [0.25, 0.3) is 0 Å². The van der Waals surface area contributed by atoms with E-state index in [9.17, 15) is 4.79 Å². The molecule has 1 heterocycles. The Kier molecular flexibility index (Phi) is 6.80. The minimum atomic E-state index is 0.0819. The lowest BCUT2D eigenvalue weighted by Crippen LogP contribution is -2.48. The van der Waals surface area contributed by atoms with E-state index in [1.54, 1.807) is 31.4 Å². The van der Waals surface area contributed by atoms with E-state index in [1.165, 1.54) is 5.56 Å². The van der Waals surface area contributed by atoms with Crippen molar-refractivity contribution in [2.45, 2.75) is 6.10 Å². The lowest BCUT2D eigenvalue weighted by molar-refractivity contribution is 0.0413. The molecule has 0 amide bonds. The minimum absolute atomic E-state index is 0.0819. The quantitative estimate of drug-likeness (QED) is 0.696. The Morgan fingerprint density at radius 3 is 2.23 bits per heavy atom. The maximum absolute atomic E-state index is 12.4. The molecule has 138 valence electrons. The third-order valence-corrected chi connectivity index (χ3v) is 5.13. The number of rotatable bonds is 7. The van der Waals surface area contributed by atoms with Crippen LogP contribution in [-0.4, -0.2) is 62.0 Å². The van der Waals surface area contributed by atoms with Crippen LogP contribution in [0.4, 0.5) is 0 Å². The third-order valence-electron chi connectivity index (χ3n) is 4.88. The van der Waals surface area contributed by atoms with Gasteiger partial charge in [0.05, 0.1) is 12.6 Å². The first-order chi connectivity index (χ1) is 12.7. The summed E-state index contributed by atoms with van der Waals surface area (Å²) in [6.45, 7) is 5.01. The summed E-state index contributed by atoms with van der Waals surface area (Å²) < 4.78 is 5.68. The molecule has 1 aliphatic heterocycles. The lowest BCUT2D eigenvalue weighted by atomic mass is 10.1. The molecule has 2 aromatic carbocycles. The molecule has 0 aliphatic carbocycles. The van der Waals surface area contributed by atoms with Crippen molar-refractivity contribution >= 4 is 17.4 Å². The summed E-state index contributed by atoms with van der Waals surface area (Å²) in [6, 6.07) is 17.4. The molecule has 1 unspecified atom stereocenters. The van der Waals surface area contributed by atoms with Gasteiger partial charge >= 0.3 is 0 Å². The fraction of sp³-hybridized carbons (Fsp3) is 0.381. The van der Waals surface area contributed by atoms with Crippen molar-refractivity contribution in [3.63, 3.8) is 0 Å². The number of ketones is 1. The third kappa shape index (κ3) is 5.15. The molecule has 1 fully saturated rings. The van der Waals surface area contributed by atoms with Gasteiger partial charge in [0.25, 0.3) is 0 Å². The van der Waals surface area contributed by atoms with Crippen molar-refractivity contribution in [2.24, 2.45) is 0 Å². The van der Waals surface area contributed by atoms with Crippen LogP contribution in [0.2, 0.25) is 5.02 Å². The minimum Gasteiger partial charge on any atom is -0.375 e. The lowest BCUT2D eigenvalue weighted by Gasteiger charge is -2.36. The first-order valence-electron chi connectivity index (χ1n) is 8.97. The van der Waals surface area contributed by atoms with Gasteiger partial charge in [-0.1, -0.05) is 41.9 Å². The number of halogens is 1. The molecule has 0 radical (unpaired) electrons. The Bertz CT molecular complexity index is 698. The van der Waals surface area contributed by atoms with Gasteiger partial charge in [0, 0.05) is 50.4 Å². The van der Waals surface area contributed by atoms with Crippen LogP contribution >= 0.6 is 11.6 Å². The predicted molar refractivity (Wildman–Crippen MR) is 105 cm³/mol. The van der Waals surface area contributed by atoms with Crippen molar-refractivity contribution in [3.05, 3.63) is 70.7 Å². The number of methoxy groups -OCH3 is 1. The zero-order valence-electron chi connectivity index (χ0n) is 15.1. The molecular formula is C21H25ClN2O2. The second-order valence-electron chi connectivity index (χ2n) is 6.64. The van der Waals surface area contributed by atoms with Crippen LogP contribution in [0, 0.1) is 0 Å². The predicted octanol–water partition coefficient (Wildman–Crippen LogP) is 3.53. The number of hydrogen-bond acceptors (Lipinski definition) is 4. The summed E-state index contributed by atoms with van der Waals surface area (Å²) >= 11 is 5.88. The van der Waals surface area contributed by atoms with Gasteiger partial charge in [-0.15, -0.1) is 0 Å². The maximum atomic E-state index is 12.4. The van der Waals surface area contributed by atoms with Crippen molar-refractivity contribution < 1.29 is 9.53 Å². The van der Waals surface area contributed by atoms with Gasteiger partial charge in [0.1, 0.15) is 0 Å². The molecule has 0 saturated carbocycles. The van der Waals surface area contributed by atoms with E-state index in [0.717, 1.165) is 38.3 Å². The molecule has 1 atom stereocenters. The van der Waals surface area contributed by atoms with Crippen LogP contribution in [-0.2, 0) is 4.74 Å². The van der Waals surface area contributed by atoms with Gasteiger partial charge in [-0.25, -0.2) is 0 Å². The van der Waals surface area contributed by atoms with Crippen molar-refractivity contribution in [1.29, 1.82) is 0 Å². The van der Waals surface area contributed by atoms with Gasteiger partial charge in [-0.3, -0.25) is 14.6 Å². The molecule has 5 heteroatoms. The van der Waals surface area contributed by atoms with Gasteiger partial charge in [-0.2, -0.15) is 0 Å². The number of carbonyl (C=O) groups is 1. The topological polar surface area (TPSA) is 32.8 Å². The highest BCUT2D eigenvalue weighted by Crippen LogP contribution is 2.18. The van der Waals surface area contributed by atoms with Crippen LogP contribution in [0.3, 0.4) is 0 Å². The Balaban J connectivity index is 1.48. The fourth-order valence-corrected chi connectivity index (χ4v) is 3.40. The summed E-state index contributed by atoms with van der Waals surface area (Å²) in [5.74, 6) is 0.147. The Morgan fingerprint density at radius 1 is 1.00 bits per heavy atom. The van der Waals surface area contributed by atoms with E-state index in [-0.39, 0.29) is 11.9 Å². The molecule has 0 bridgehead atoms. The zero-order chi connectivity index (χ0) is 18.4. The van der Waals surface area contributed by atoms with E-state index in [1.807, 2.05) is 18.2 Å². The van der Waals surface area contributed by atoms with Crippen molar-refractivity contribution in [1.82, 2.24) is 9.80 Å². The molecular weight excluding hydrogens is 348 g/mol.